The van der Waals surface area contributed by atoms with Gasteiger partial charge in [-0.25, -0.2) is 0 Å². The zero-order valence-electron chi connectivity index (χ0n) is 10.2. The summed E-state index contributed by atoms with van der Waals surface area (Å²) in [6, 6.07) is 6.34. The number of benzene rings is 1. The van der Waals surface area contributed by atoms with Crippen LogP contribution in [0.5, 0.6) is 5.75 Å². The molecule has 2 aliphatic carbocycles. The highest BCUT2D eigenvalue weighted by molar-refractivity contribution is 5.80. The molecule has 1 aromatic rings. The molecule has 1 saturated carbocycles. The summed E-state index contributed by atoms with van der Waals surface area (Å²) in [6.07, 6.45) is 5.02. The minimum absolute atomic E-state index is 0.440. The molecule has 0 N–H and O–H groups in total. The van der Waals surface area contributed by atoms with Crippen LogP contribution in [0.1, 0.15) is 42.7 Å². The van der Waals surface area contributed by atoms with Gasteiger partial charge in [0.15, 0.2) is 0 Å². The second-order valence-corrected chi connectivity index (χ2v) is 5.25. The topological polar surface area (TPSA) is 26.3 Å². The van der Waals surface area contributed by atoms with Crippen LogP contribution in [-0.4, -0.2) is 12.9 Å². The number of aryl methyl sites for hydroxylation is 1. The number of methoxy groups -OCH3 is 1. The maximum Gasteiger partial charge on any atom is 0.133 e. The van der Waals surface area contributed by atoms with Crippen LogP contribution in [0, 0.1) is 5.92 Å². The highest BCUT2D eigenvalue weighted by Crippen LogP contribution is 2.44. The number of Topliss-reactive ketones (excluding diaryl/α,β-unsaturated/α-hetero) is 1. The van der Waals surface area contributed by atoms with Gasteiger partial charge in [-0.15, -0.1) is 0 Å². The molecule has 3 rings (SSSR count). The first-order valence-electron chi connectivity index (χ1n) is 6.46. The van der Waals surface area contributed by atoms with E-state index in [9.17, 15) is 4.79 Å². The molecule has 0 saturated heterocycles. The predicted octanol–water partition coefficient (Wildman–Crippen LogP) is 3.09. The Bertz CT molecular complexity index is 450. The number of carbonyl (C=O) groups is 1. The molecule has 0 amide bonds. The average molecular weight is 230 g/mol. The lowest BCUT2D eigenvalue weighted by atomic mass is 9.68. The number of carbonyl (C=O) groups excluding carboxylic acids is 1. The van der Waals surface area contributed by atoms with Crippen LogP contribution in [0.15, 0.2) is 18.2 Å². The zero-order valence-corrected chi connectivity index (χ0v) is 10.2. The van der Waals surface area contributed by atoms with E-state index in [1.54, 1.807) is 7.11 Å². The SMILES string of the molecule is COc1ccc2c(c1)CC[C@H]1CCC(=O)C[C@H]21. The average Bonchev–Trinajstić information content (AvgIpc) is 2.37. The van der Waals surface area contributed by atoms with Crippen LogP contribution in [0.3, 0.4) is 0 Å². The third kappa shape index (κ3) is 1.86. The van der Waals surface area contributed by atoms with Crippen molar-refractivity contribution in [3.8, 4) is 5.75 Å². The Morgan fingerprint density at radius 1 is 1.24 bits per heavy atom. The Morgan fingerprint density at radius 2 is 2.06 bits per heavy atom. The summed E-state index contributed by atoms with van der Waals surface area (Å²) in [7, 11) is 1.71. The van der Waals surface area contributed by atoms with Gasteiger partial charge in [-0.05, 0) is 54.4 Å². The van der Waals surface area contributed by atoms with Crippen molar-refractivity contribution in [2.45, 2.75) is 38.0 Å². The highest BCUT2D eigenvalue weighted by atomic mass is 16.5. The number of ketones is 1. The molecular weight excluding hydrogens is 212 g/mol. The van der Waals surface area contributed by atoms with E-state index < -0.39 is 0 Å². The number of ether oxygens (including phenoxy) is 1. The summed E-state index contributed by atoms with van der Waals surface area (Å²) in [6.45, 7) is 0. The lowest BCUT2D eigenvalue weighted by Gasteiger charge is -2.36. The van der Waals surface area contributed by atoms with Crippen LogP contribution < -0.4 is 4.74 Å². The standard InChI is InChI=1S/C15H18O2/c1-17-13-6-7-14-11(8-13)3-2-10-4-5-12(16)9-15(10)14/h6-8,10,15H,2-5,9H2,1H3/t10-,15-/m0/s1. The fourth-order valence-corrected chi connectivity index (χ4v) is 3.40. The van der Waals surface area contributed by atoms with E-state index in [-0.39, 0.29) is 0 Å². The third-order valence-electron chi connectivity index (χ3n) is 4.34. The molecule has 1 fully saturated rings. The molecular formula is C15H18O2. The summed E-state index contributed by atoms with van der Waals surface area (Å²) in [5.41, 5.74) is 2.79. The number of hydrogen-bond acceptors (Lipinski definition) is 2. The van der Waals surface area contributed by atoms with Crippen LogP contribution in [0.4, 0.5) is 0 Å². The lowest BCUT2D eigenvalue weighted by molar-refractivity contribution is -0.121. The van der Waals surface area contributed by atoms with Gasteiger partial charge in [-0.3, -0.25) is 4.79 Å². The summed E-state index contributed by atoms with van der Waals surface area (Å²) in [5, 5.41) is 0. The normalized spacial score (nSPS) is 27.2. The largest absolute Gasteiger partial charge is 0.497 e. The van der Waals surface area contributed by atoms with Gasteiger partial charge in [0.2, 0.25) is 0 Å². The summed E-state index contributed by atoms with van der Waals surface area (Å²) in [4.78, 5) is 11.6. The monoisotopic (exact) mass is 230 g/mol. The minimum atomic E-state index is 0.440. The van der Waals surface area contributed by atoms with E-state index >= 15 is 0 Å². The molecule has 17 heavy (non-hydrogen) atoms. The van der Waals surface area contributed by atoms with Gasteiger partial charge < -0.3 is 4.74 Å². The quantitative estimate of drug-likeness (QED) is 0.741. The van der Waals surface area contributed by atoms with Crippen molar-refractivity contribution in [1.82, 2.24) is 0 Å². The van der Waals surface area contributed by atoms with Gasteiger partial charge >= 0.3 is 0 Å². The van der Waals surface area contributed by atoms with Crippen molar-refractivity contribution in [2.75, 3.05) is 7.11 Å². The number of fused-ring (bicyclic) bond motifs is 3. The smallest absolute Gasteiger partial charge is 0.133 e. The third-order valence-corrected chi connectivity index (χ3v) is 4.34. The Kier molecular flexibility index (Phi) is 2.65. The van der Waals surface area contributed by atoms with Crippen molar-refractivity contribution in [1.29, 1.82) is 0 Å². The second-order valence-electron chi connectivity index (χ2n) is 5.25. The van der Waals surface area contributed by atoms with E-state index in [4.69, 9.17) is 4.74 Å². The Hall–Kier alpha value is -1.31. The van der Waals surface area contributed by atoms with Gasteiger partial charge in [0, 0.05) is 12.8 Å². The molecule has 1 aromatic carbocycles. The predicted molar refractivity (Wildman–Crippen MR) is 66.4 cm³/mol. The number of rotatable bonds is 1. The minimum Gasteiger partial charge on any atom is -0.497 e. The van der Waals surface area contributed by atoms with Crippen LogP contribution in [0.25, 0.3) is 0 Å². The molecule has 2 aliphatic rings. The molecule has 2 heteroatoms. The van der Waals surface area contributed by atoms with Crippen molar-refractivity contribution in [2.24, 2.45) is 5.92 Å². The fourth-order valence-electron chi connectivity index (χ4n) is 3.40. The highest BCUT2D eigenvalue weighted by Gasteiger charge is 2.34. The first kappa shape index (κ1) is 10.8. The van der Waals surface area contributed by atoms with Gasteiger partial charge in [0.1, 0.15) is 11.5 Å². The fraction of sp³-hybridized carbons (Fsp3) is 0.533. The maximum atomic E-state index is 11.6. The van der Waals surface area contributed by atoms with Crippen molar-refractivity contribution >= 4 is 5.78 Å². The molecule has 0 heterocycles. The maximum absolute atomic E-state index is 11.6. The molecule has 90 valence electrons. The first-order chi connectivity index (χ1) is 8.28. The lowest BCUT2D eigenvalue weighted by Crippen LogP contribution is -2.27. The van der Waals surface area contributed by atoms with Gasteiger partial charge in [0.25, 0.3) is 0 Å². The molecule has 0 bridgehead atoms. The van der Waals surface area contributed by atoms with Gasteiger partial charge in [0.05, 0.1) is 7.11 Å². The first-order valence-corrected chi connectivity index (χ1v) is 6.46. The van der Waals surface area contributed by atoms with Crippen LogP contribution in [0.2, 0.25) is 0 Å². The van der Waals surface area contributed by atoms with Crippen molar-refractivity contribution in [3.05, 3.63) is 29.3 Å². The summed E-state index contributed by atoms with van der Waals surface area (Å²) in [5.74, 6) is 2.58. The second kappa shape index (κ2) is 4.17. The Balaban J connectivity index is 1.97. The van der Waals surface area contributed by atoms with Crippen molar-refractivity contribution < 1.29 is 9.53 Å². The van der Waals surface area contributed by atoms with E-state index in [0.717, 1.165) is 37.4 Å². The summed E-state index contributed by atoms with van der Waals surface area (Å²) >= 11 is 0. The Labute approximate surface area is 102 Å². The molecule has 2 atom stereocenters. The molecule has 0 radical (unpaired) electrons. The molecule has 0 spiro atoms. The Morgan fingerprint density at radius 3 is 2.88 bits per heavy atom. The van der Waals surface area contributed by atoms with E-state index in [0.29, 0.717) is 11.7 Å². The van der Waals surface area contributed by atoms with Gasteiger partial charge in [-0.2, -0.15) is 0 Å². The van der Waals surface area contributed by atoms with E-state index in [1.165, 1.54) is 17.5 Å². The number of hydrogen-bond donors (Lipinski definition) is 0. The van der Waals surface area contributed by atoms with Crippen LogP contribution in [-0.2, 0) is 11.2 Å². The van der Waals surface area contributed by atoms with Gasteiger partial charge in [-0.1, -0.05) is 6.07 Å². The van der Waals surface area contributed by atoms with E-state index in [1.807, 2.05) is 6.07 Å². The molecule has 2 nitrogen and oxygen atoms in total. The molecule has 0 aromatic heterocycles. The van der Waals surface area contributed by atoms with Crippen molar-refractivity contribution in [3.63, 3.8) is 0 Å². The molecule has 0 aliphatic heterocycles. The van der Waals surface area contributed by atoms with Crippen LogP contribution >= 0.6 is 0 Å². The zero-order chi connectivity index (χ0) is 11.8. The molecule has 0 unspecified atom stereocenters. The summed E-state index contributed by atoms with van der Waals surface area (Å²) < 4.78 is 5.27. The van der Waals surface area contributed by atoms with E-state index in [2.05, 4.69) is 12.1 Å².